The molecule has 0 radical (unpaired) electrons. The maximum absolute atomic E-state index is 12.1. The van der Waals surface area contributed by atoms with E-state index in [-0.39, 0.29) is 5.91 Å². The van der Waals surface area contributed by atoms with Crippen molar-refractivity contribution < 1.29 is 9.53 Å². The summed E-state index contributed by atoms with van der Waals surface area (Å²) in [5, 5.41) is 2.98. The lowest BCUT2D eigenvalue weighted by Gasteiger charge is -2.51. The van der Waals surface area contributed by atoms with Crippen molar-refractivity contribution in [2.24, 2.45) is 0 Å². The lowest BCUT2D eigenvalue weighted by atomic mass is 9.99. The summed E-state index contributed by atoms with van der Waals surface area (Å²) >= 11 is 0. The van der Waals surface area contributed by atoms with Crippen LogP contribution < -0.4 is 10.1 Å². The second-order valence-electron chi connectivity index (χ2n) is 5.51. The van der Waals surface area contributed by atoms with E-state index in [9.17, 15) is 4.79 Å². The molecule has 1 aromatic carbocycles. The highest BCUT2D eigenvalue weighted by molar-refractivity contribution is 5.98. The first-order chi connectivity index (χ1) is 10.2. The van der Waals surface area contributed by atoms with Gasteiger partial charge in [0.15, 0.2) is 0 Å². The number of carbonyl (C=O) groups is 1. The first-order valence-corrected chi connectivity index (χ1v) is 6.97. The Morgan fingerprint density at radius 3 is 2.81 bits per heavy atom. The van der Waals surface area contributed by atoms with Crippen molar-refractivity contribution in [3.05, 3.63) is 59.9 Å². The van der Waals surface area contributed by atoms with Gasteiger partial charge in [-0.1, -0.05) is 18.2 Å². The largest absolute Gasteiger partial charge is 0.464 e. The zero-order valence-electron chi connectivity index (χ0n) is 11.5. The number of benzene rings is 1. The standard InChI is InChI=1S/C16H15N3O2/c20-15-13-6-1-2-7-14(13)21-16(18-15)10-19(11-16)9-12-5-3-4-8-17-12/h1-8H,9-11H2,(H,18,20). The Morgan fingerprint density at radius 2 is 2.00 bits per heavy atom. The van der Waals surface area contributed by atoms with Crippen LogP contribution >= 0.6 is 0 Å². The molecule has 0 unspecified atom stereocenters. The summed E-state index contributed by atoms with van der Waals surface area (Å²) in [6.07, 6.45) is 1.79. The Bertz CT molecular complexity index is 681. The molecule has 1 N–H and O–H groups in total. The highest BCUT2D eigenvalue weighted by atomic mass is 16.5. The fourth-order valence-corrected chi connectivity index (χ4v) is 2.91. The summed E-state index contributed by atoms with van der Waals surface area (Å²) in [7, 11) is 0. The Morgan fingerprint density at radius 1 is 1.19 bits per heavy atom. The molecule has 0 atom stereocenters. The van der Waals surface area contributed by atoms with Crippen LogP contribution in [-0.2, 0) is 6.54 Å². The van der Waals surface area contributed by atoms with Crippen molar-refractivity contribution in [1.29, 1.82) is 0 Å². The van der Waals surface area contributed by atoms with Crippen LogP contribution in [0.25, 0.3) is 0 Å². The Hall–Kier alpha value is -2.40. The first kappa shape index (κ1) is 12.3. The highest BCUT2D eigenvalue weighted by Crippen LogP contribution is 2.33. The number of aromatic nitrogens is 1. The van der Waals surface area contributed by atoms with Crippen molar-refractivity contribution in [1.82, 2.24) is 15.2 Å². The van der Waals surface area contributed by atoms with E-state index in [0.717, 1.165) is 12.2 Å². The number of pyridine rings is 1. The maximum atomic E-state index is 12.1. The third-order valence-corrected chi connectivity index (χ3v) is 3.85. The van der Waals surface area contributed by atoms with E-state index in [0.29, 0.717) is 24.4 Å². The molecule has 1 aromatic heterocycles. The van der Waals surface area contributed by atoms with Gasteiger partial charge in [0.1, 0.15) is 5.75 Å². The SMILES string of the molecule is O=C1NC2(CN(Cc3ccccn3)C2)Oc2ccccc21. The molecule has 0 aliphatic carbocycles. The molecule has 0 saturated carbocycles. The maximum Gasteiger partial charge on any atom is 0.258 e. The summed E-state index contributed by atoms with van der Waals surface area (Å²) in [6, 6.07) is 13.2. The lowest BCUT2D eigenvalue weighted by Crippen LogP contribution is -2.74. The number of hydrogen-bond donors (Lipinski definition) is 1. The number of para-hydroxylation sites is 1. The van der Waals surface area contributed by atoms with Crippen LogP contribution in [0.3, 0.4) is 0 Å². The van der Waals surface area contributed by atoms with E-state index in [1.165, 1.54) is 0 Å². The van der Waals surface area contributed by atoms with Gasteiger partial charge in [-0.25, -0.2) is 0 Å². The molecule has 1 amide bonds. The number of nitrogens with zero attached hydrogens (tertiary/aromatic N) is 2. The van der Waals surface area contributed by atoms with E-state index < -0.39 is 5.72 Å². The van der Waals surface area contributed by atoms with E-state index in [1.807, 2.05) is 36.4 Å². The van der Waals surface area contributed by atoms with Gasteiger partial charge in [0.05, 0.1) is 24.3 Å². The number of ether oxygens (including phenoxy) is 1. The predicted octanol–water partition coefficient (Wildman–Crippen LogP) is 1.42. The molecule has 0 bridgehead atoms. The third kappa shape index (κ3) is 2.15. The van der Waals surface area contributed by atoms with Gasteiger partial charge < -0.3 is 10.1 Å². The number of nitrogens with one attached hydrogen (secondary N) is 1. The molecule has 2 aliphatic rings. The Kier molecular flexibility index (Phi) is 2.68. The summed E-state index contributed by atoms with van der Waals surface area (Å²) < 4.78 is 6.00. The smallest absolute Gasteiger partial charge is 0.258 e. The third-order valence-electron chi connectivity index (χ3n) is 3.85. The quantitative estimate of drug-likeness (QED) is 0.904. The molecule has 1 spiro atoms. The van der Waals surface area contributed by atoms with E-state index in [1.54, 1.807) is 12.3 Å². The summed E-state index contributed by atoms with van der Waals surface area (Å²) in [6.45, 7) is 2.11. The number of amides is 1. The number of carbonyl (C=O) groups excluding carboxylic acids is 1. The summed E-state index contributed by atoms with van der Waals surface area (Å²) in [5.41, 5.74) is 1.04. The molecular formula is C16H15N3O2. The zero-order valence-corrected chi connectivity index (χ0v) is 11.5. The minimum atomic E-state index is -0.583. The van der Waals surface area contributed by atoms with Gasteiger partial charge in [0, 0.05) is 12.7 Å². The topological polar surface area (TPSA) is 54.5 Å². The van der Waals surface area contributed by atoms with E-state index >= 15 is 0 Å². The number of hydrogen-bond acceptors (Lipinski definition) is 4. The van der Waals surface area contributed by atoms with Crippen molar-refractivity contribution in [3.8, 4) is 5.75 Å². The van der Waals surface area contributed by atoms with E-state index in [2.05, 4.69) is 15.2 Å². The van der Waals surface area contributed by atoms with Gasteiger partial charge in [-0.3, -0.25) is 14.7 Å². The summed E-state index contributed by atoms with van der Waals surface area (Å²) in [5.74, 6) is 0.605. The minimum absolute atomic E-state index is 0.0608. The van der Waals surface area contributed by atoms with Crippen molar-refractivity contribution >= 4 is 5.91 Å². The summed E-state index contributed by atoms with van der Waals surface area (Å²) in [4.78, 5) is 18.7. The molecular weight excluding hydrogens is 266 g/mol. The normalized spacial score (nSPS) is 19.3. The molecule has 2 aliphatic heterocycles. The molecule has 2 aromatic rings. The minimum Gasteiger partial charge on any atom is -0.464 e. The lowest BCUT2D eigenvalue weighted by molar-refractivity contribution is -0.103. The van der Waals surface area contributed by atoms with Crippen molar-refractivity contribution in [2.45, 2.75) is 12.3 Å². The van der Waals surface area contributed by atoms with Crippen LogP contribution in [0, 0.1) is 0 Å². The average Bonchev–Trinajstić information content (AvgIpc) is 2.47. The molecule has 1 saturated heterocycles. The van der Waals surface area contributed by atoms with Crippen LogP contribution in [0.2, 0.25) is 0 Å². The van der Waals surface area contributed by atoms with Gasteiger partial charge in [-0.2, -0.15) is 0 Å². The van der Waals surface area contributed by atoms with Gasteiger partial charge in [0.25, 0.3) is 5.91 Å². The molecule has 4 rings (SSSR count). The van der Waals surface area contributed by atoms with Crippen molar-refractivity contribution in [2.75, 3.05) is 13.1 Å². The fourth-order valence-electron chi connectivity index (χ4n) is 2.91. The zero-order chi connectivity index (χ0) is 14.3. The van der Waals surface area contributed by atoms with Gasteiger partial charge in [-0.15, -0.1) is 0 Å². The Balaban J connectivity index is 1.47. The Labute approximate surface area is 122 Å². The average molecular weight is 281 g/mol. The number of likely N-dealkylation sites (tertiary alicyclic amines) is 1. The predicted molar refractivity (Wildman–Crippen MR) is 76.8 cm³/mol. The van der Waals surface area contributed by atoms with Gasteiger partial charge in [0.2, 0.25) is 5.72 Å². The molecule has 21 heavy (non-hydrogen) atoms. The molecule has 3 heterocycles. The van der Waals surface area contributed by atoms with Crippen LogP contribution in [0.4, 0.5) is 0 Å². The fraction of sp³-hybridized carbons (Fsp3) is 0.250. The van der Waals surface area contributed by atoms with Crippen LogP contribution in [0.1, 0.15) is 16.1 Å². The second-order valence-corrected chi connectivity index (χ2v) is 5.51. The second kappa shape index (κ2) is 4.56. The van der Waals surface area contributed by atoms with E-state index in [4.69, 9.17) is 4.74 Å². The number of rotatable bonds is 2. The van der Waals surface area contributed by atoms with Crippen LogP contribution in [0.5, 0.6) is 5.75 Å². The monoisotopic (exact) mass is 281 g/mol. The molecule has 5 heteroatoms. The van der Waals surface area contributed by atoms with Crippen LogP contribution in [0.15, 0.2) is 48.7 Å². The molecule has 106 valence electrons. The number of fused-ring (bicyclic) bond motifs is 1. The molecule has 5 nitrogen and oxygen atoms in total. The molecule has 1 fully saturated rings. The first-order valence-electron chi connectivity index (χ1n) is 6.97. The van der Waals surface area contributed by atoms with Crippen molar-refractivity contribution in [3.63, 3.8) is 0 Å². The highest BCUT2D eigenvalue weighted by Gasteiger charge is 2.49. The van der Waals surface area contributed by atoms with Gasteiger partial charge in [-0.05, 0) is 24.3 Å². The van der Waals surface area contributed by atoms with Gasteiger partial charge >= 0.3 is 0 Å². The van der Waals surface area contributed by atoms with Crippen LogP contribution in [-0.4, -0.2) is 34.6 Å².